The average Bonchev–Trinajstić information content (AvgIpc) is 2.42. The smallest absolute Gasteiger partial charge is 0.142 e. The van der Waals surface area contributed by atoms with E-state index in [1.165, 1.54) is 16.7 Å². The topological polar surface area (TPSA) is 3.24 Å². The number of aryl methyl sites for hydroxylation is 1. The lowest BCUT2D eigenvalue weighted by Gasteiger charge is -2.33. The summed E-state index contributed by atoms with van der Waals surface area (Å²) in [4.78, 5) is 2.28. The molecule has 0 fully saturated rings. The molecule has 1 heterocycles. The van der Waals surface area contributed by atoms with E-state index in [0.29, 0.717) is 0 Å². The second-order valence-electron chi connectivity index (χ2n) is 5.57. The number of likely N-dealkylation sites (N-methyl/N-ethyl adjacent to an activating group) is 1. The molecule has 0 aliphatic carbocycles. The molecule has 3 rings (SSSR count). The number of benzene rings is 2. The molecule has 2 aromatic rings. The first-order valence-electron chi connectivity index (χ1n) is 6.78. The Labute approximate surface area is 124 Å². The lowest BCUT2D eigenvalue weighted by Crippen LogP contribution is -2.31. The van der Waals surface area contributed by atoms with Crippen molar-refractivity contribution in [3.05, 3.63) is 69.5 Å². The standard InChI is InChI=1S/C17H17ClFN/c1-11-4-3-5-13-14(11)9-20(2)10-15(13)12-6-7-16(18)17(19)8-12/h3-8,15H,9-10H2,1-2H3. The van der Waals surface area contributed by atoms with Gasteiger partial charge in [0.05, 0.1) is 5.02 Å². The molecule has 2 aromatic carbocycles. The van der Waals surface area contributed by atoms with Gasteiger partial charge in [0, 0.05) is 19.0 Å². The van der Waals surface area contributed by atoms with Crippen LogP contribution in [0.1, 0.15) is 28.2 Å². The minimum atomic E-state index is -0.341. The summed E-state index contributed by atoms with van der Waals surface area (Å²) in [5, 5.41) is 0.183. The van der Waals surface area contributed by atoms with Gasteiger partial charge in [0.25, 0.3) is 0 Å². The van der Waals surface area contributed by atoms with Gasteiger partial charge in [0.2, 0.25) is 0 Å². The number of fused-ring (bicyclic) bond motifs is 1. The lowest BCUT2D eigenvalue weighted by atomic mass is 9.83. The Morgan fingerprint density at radius 3 is 2.80 bits per heavy atom. The molecule has 0 N–H and O–H groups in total. The highest BCUT2D eigenvalue weighted by atomic mass is 35.5. The van der Waals surface area contributed by atoms with Crippen molar-refractivity contribution in [2.75, 3.05) is 13.6 Å². The van der Waals surface area contributed by atoms with E-state index in [0.717, 1.165) is 18.7 Å². The van der Waals surface area contributed by atoms with Crippen LogP contribution in [0.25, 0.3) is 0 Å². The minimum absolute atomic E-state index is 0.183. The van der Waals surface area contributed by atoms with Crippen LogP contribution in [0.2, 0.25) is 5.02 Å². The van der Waals surface area contributed by atoms with Gasteiger partial charge in [0.15, 0.2) is 0 Å². The SMILES string of the molecule is Cc1cccc2c1CN(C)CC2c1ccc(Cl)c(F)c1. The number of hydrogen-bond donors (Lipinski definition) is 0. The van der Waals surface area contributed by atoms with Gasteiger partial charge in [-0.2, -0.15) is 0 Å². The van der Waals surface area contributed by atoms with Crippen molar-refractivity contribution in [1.29, 1.82) is 0 Å². The third-order valence-electron chi connectivity index (χ3n) is 4.09. The molecule has 0 aromatic heterocycles. The van der Waals surface area contributed by atoms with Gasteiger partial charge in [-0.15, -0.1) is 0 Å². The number of hydrogen-bond acceptors (Lipinski definition) is 1. The van der Waals surface area contributed by atoms with Crippen LogP contribution in [0, 0.1) is 12.7 Å². The first kappa shape index (κ1) is 13.6. The summed E-state index contributed by atoms with van der Waals surface area (Å²) in [5.41, 5.74) is 4.96. The Balaban J connectivity index is 2.11. The van der Waals surface area contributed by atoms with Crippen LogP contribution in [0.3, 0.4) is 0 Å². The van der Waals surface area contributed by atoms with E-state index < -0.39 is 0 Å². The van der Waals surface area contributed by atoms with Crippen molar-refractivity contribution in [3.63, 3.8) is 0 Å². The van der Waals surface area contributed by atoms with E-state index in [9.17, 15) is 4.39 Å². The zero-order valence-corrected chi connectivity index (χ0v) is 12.4. The maximum Gasteiger partial charge on any atom is 0.142 e. The van der Waals surface area contributed by atoms with Crippen LogP contribution in [-0.2, 0) is 6.54 Å². The van der Waals surface area contributed by atoms with Gasteiger partial charge < -0.3 is 4.90 Å². The molecule has 3 heteroatoms. The van der Waals surface area contributed by atoms with Crippen molar-refractivity contribution in [2.24, 2.45) is 0 Å². The van der Waals surface area contributed by atoms with Crippen molar-refractivity contribution in [3.8, 4) is 0 Å². The van der Waals surface area contributed by atoms with E-state index in [1.54, 1.807) is 12.1 Å². The van der Waals surface area contributed by atoms with Crippen molar-refractivity contribution in [1.82, 2.24) is 4.90 Å². The molecular formula is C17H17ClFN. The van der Waals surface area contributed by atoms with E-state index in [1.807, 2.05) is 6.07 Å². The Bertz CT molecular complexity index is 653. The third kappa shape index (κ3) is 2.34. The van der Waals surface area contributed by atoms with Crippen LogP contribution in [0.15, 0.2) is 36.4 Å². The van der Waals surface area contributed by atoms with E-state index in [-0.39, 0.29) is 16.8 Å². The van der Waals surface area contributed by atoms with Crippen molar-refractivity contribution in [2.45, 2.75) is 19.4 Å². The molecule has 20 heavy (non-hydrogen) atoms. The highest BCUT2D eigenvalue weighted by Crippen LogP contribution is 2.35. The highest BCUT2D eigenvalue weighted by molar-refractivity contribution is 6.30. The zero-order valence-electron chi connectivity index (χ0n) is 11.7. The van der Waals surface area contributed by atoms with Crippen LogP contribution in [0.5, 0.6) is 0 Å². The number of nitrogens with zero attached hydrogens (tertiary/aromatic N) is 1. The largest absolute Gasteiger partial charge is 0.301 e. The molecule has 0 spiro atoms. The van der Waals surface area contributed by atoms with E-state index >= 15 is 0 Å². The molecule has 0 bridgehead atoms. The van der Waals surface area contributed by atoms with Crippen LogP contribution >= 0.6 is 11.6 Å². The Morgan fingerprint density at radius 1 is 1.25 bits per heavy atom. The van der Waals surface area contributed by atoms with Crippen LogP contribution in [-0.4, -0.2) is 18.5 Å². The van der Waals surface area contributed by atoms with E-state index in [2.05, 4.69) is 37.1 Å². The molecule has 1 aliphatic heterocycles. The second kappa shape index (κ2) is 5.19. The monoisotopic (exact) mass is 289 g/mol. The summed E-state index contributed by atoms with van der Waals surface area (Å²) in [6, 6.07) is 11.5. The molecule has 104 valence electrons. The molecule has 0 amide bonds. The van der Waals surface area contributed by atoms with E-state index in [4.69, 9.17) is 11.6 Å². The molecule has 1 unspecified atom stereocenters. The van der Waals surface area contributed by atoms with Crippen molar-refractivity contribution < 1.29 is 4.39 Å². The lowest BCUT2D eigenvalue weighted by molar-refractivity contribution is 0.294. The summed E-state index contributed by atoms with van der Waals surface area (Å²) in [7, 11) is 2.11. The normalized spacial score (nSPS) is 18.9. The fraction of sp³-hybridized carbons (Fsp3) is 0.294. The molecular weight excluding hydrogens is 273 g/mol. The van der Waals surface area contributed by atoms with Gasteiger partial charge in [0.1, 0.15) is 5.82 Å². The predicted octanol–water partition coefficient (Wildman–Crippen LogP) is 4.36. The van der Waals surface area contributed by atoms with Gasteiger partial charge in [-0.1, -0.05) is 35.9 Å². The molecule has 1 atom stereocenters. The minimum Gasteiger partial charge on any atom is -0.301 e. The number of halogens is 2. The van der Waals surface area contributed by atoms with Gasteiger partial charge >= 0.3 is 0 Å². The molecule has 1 aliphatic rings. The predicted molar refractivity (Wildman–Crippen MR) is 80.8 cm³/mol. The Kier molecular flexibility index (Phi) is 3.53. The molecule has 0 saturated carbocycles. The summed E-state index contributed by atoms with van der Waals surface area (Å²) < 4.78 is 13.7. The van der Waals surface area contributed by atoms with Gasteiger partial charge in [-0.05, 0) is 48.4 Å². The maximum absolute atomic E-state index is 13.7. The maximum atomic E-state index is 13.7. The fourth-order valence-electron chi connectivity index (χ4n) is 3.03. The summed E-state index contributed by atoms with van der Waals surface area (Å²) in [5.74, 6) is -0.137. The first-order valence-corrected chi connectivity index (χ1v) is 7.16. The van der Waals surface area contributed by atoms with Crippen molar-refractivity contribution >= 4 is 11.6 Å². The first-order chi connectivity index (χ1) is 9.56. The third-order valence-corrected chi connectivity index (χ3v) is 4.40. The molecule has 0 saturated heterocycles. The molecule has 1 nitrogen and oxygen atoms in total. The number of rotatable bonds is 1. The fourth-order valence-corrected chi connectivity index (χ4v) is 3.14. The Morgan fingerprint density at radius 2 is 2.05 bits per heavy atom. The quantitative estimate of drug-likeness (QED) is 0.754. The highest BCUT2D eigenvalue weighted by Gasteiger charge is 2.26. The van der Waals surface area contributed by atoms with Gasteiger partial charge in [-0.3, -0.25) is 0 Å². The van der Waals surface area contributed by atoms with Crippen LogP contribution in [0.4, 0.5) is 4.39 Å². The summed E-state index contributed by atoms with van der Waals surface area (Å²) >= 11 is 5.79. The zero-order chi connectivity index (χ0) is 14.3. The van der Waals surface area contributed by atoms with Crippen LogP contribution < -0.4 is 0 Å². The Hall–Kier alpha value is -1.38. The second-order valence-corrected chi connectivity index (χ2v) is 5.97. The average molecular weight is 290 g/mol. The molecule has 0 radical (unpaired) electrons. The summed E-state index contributed by atoms with van der Waals surface area (Å²) in [6.07, 6.45) is 0. The van der Waals surface area contributed by atoms with Gasteiger partial charge in [-0.25, -0.2) is 4.39 Å². The summed E-state index contributed by atoms with van der Waals surface area (Å²) in [6.45, 7) is 3.99.